The van der Waals surface area contributed by atoms with E-state index < -0.39 is 0 Å². The molecule has 0 atom stereocenters. The highest BCUT2D eigenvalue weighted by molar-refractivity contribution is 7.81. The van der Waals surface area contributed by atoms with Gasteiger partial charge in [-0.05, 0) is 72.7 Å². The van der Waals surface area contributed by atoms with Crippen LogP contribution in [-0.2, 0) is 0 Å². The van der Waals surface area contributed by atoms with Crippen molar-refractivity contribution in [2.45, 2.75) is 26.7 Å². The van der Waals surface area contributed by atoms with Crippen molar-refractivity contribution >= 4 is 46.0 Å². The van der Waals surface area contributed by atoms with E-state index in [1.54, 1.807) is 0 Å². The molecule has 0 bridgehead atoms. The summed E-state index contributed by atoms with van der Waals surface area (Å²) in [5, 5.41) is 7.09. The second-order valence-corrected chi connectivity index (χ2v) is 6.62. The number of hydrogen-bond acceptors (Lipinski definition) is 2. The zero-order valence-corrected chi connectivity index (χ0v) is 15.6. The molecule has 0 aliphatic rings. The van der Waals surface area contributed by atoms with Crippen molar-refractivity contribution in [3.63, 3.8) is 0 Å². The summed E-state index contributed by atoms with van der Waals surface area (Å²) in [5.41, 5.74) is 10.0. The number of thiocarbonyl (C=S) groups is 2. The lowest BCUT2D eigenvalue weighted by Crippen LogP contribution is -2.45. The van der Waals surface area contributed by atoms with Crippen molar-refractivity contribution in [2.24, 2.45) is 0 Å². The smallest absolute Gasteiger partial charge is 0.189 e. The Morgan fingerprint density at radius 1 is 0.833 bits per heavy atom. The summed E-state index contributed by atoms with van der Waals surface area (Å²) in [6.07, 6.45) is 0. The first kappa shape index (κ1) is 18.2. The second-order valence-electron chi connectivity index (χ2n) is 5.80. The largest absolute Gasteiger partial charge is 0.331 e. The first-order valence-electron chi connectivity index (χ1n) is 7.74. The molecule has 0 radical (unpaired) electrons. The SMILES string of the molecule is Cc1cccc(NC(=S)NNC(=S)Nc2ccc(C(C)C)cc2)c1. The Kier molecular flexibility index (Phi) is 6.52. The zero-order chi connectivity index (χ0) is 17.5. The van der Waals surface area contributed by atoms with E-state index in [-0.39, 0.29) is 0 Å². The van der Waals surface area contributed by atoms with Crippen LogP contribution in [0.5, 0.6) is 0 Å². The summed E-state index contributed by atoms with van der Waals surface area (Å²) in [6.45, 7) is 6.37. The summed E-state index contributed by atoms with van der Waals surface area (Å²) in [4.78, 5) is 0. The average molecular weight is 359 g/mol. The lowest BCUT2D eigenvalue weighted by atomic mass is 10.0. The molecule has 0 fully saturated rings. The highest BCUT2D eigenvalue weighted by atomic mass is 32.1. The maximum absolute atomic E-state index is 5.25. The first-order chi connectivity index (χ1) is 11.4. The molecule has 0 aromatic heterocycles. The van der Waals surface area contributed by atoms with Gasteiger partial charge in [-0.3, -0.25) is 10.9 Å². The van der Waals surface area contributed by atoms with Gasteiger partial charge in [0.15, 0.2) is 10.2 Å². The van der Waals surface area contributed by atoms with Crippen molar-refractivity contribution in [3.8, 4) is 0 Å². The number of hydrazine groups is 1. The van der Waals surface area contributed by atoms with E-state index in [1.807, 2.05) is 43.3 Å². The number of aryl methyl sites for hydroxylation is 1. The lowest BCUT2D eigenvalue weighted by Gasteiger charge is -2.15. The van der Waals surface area contributed by atoms with Crippen LogP contribution in [0.25, 0.3) is 0 Å². The fourth-order valence-electron chi connectivity index (χ4n) is 2.11. The Morgan fingerprint density at radius 3 is 1.96 bits per heavy atom. The lowest BCUT2D eigenvalue weighted by molar-refractivity contribution is 0.866. The fourth-order valence-corrected chi connectivity index (χ4v) is 2.45. The molecule has 0 saturated heterocycles. The molecule has 0 aliphatic carbocycles. The molecule has 4 N–H and O–H groups in total. The van der Waals surface area contributed by atoms with Gasteiger partial charge in [-0.25, -0.2) is 0 Å². The molecule has 0 amide bonds. The highest BCUT2D eigenvalue weighted by Gasteiger charge is 2.02. The third-order valence-electron chi connectivity index (χ3n) is 3.40. The van der Waals surface area contributed by atoms with E-state index in [0.717, 1.165) is 16.9 Å². The Bertz CT molecular complexity index is 711. The van der Waals surface area contributed by atoms with Gasteiger partial charge in [0.1, 0.15) is 0 Å². The number of hydrogen-bond donors (Lipinski definition) is 4. The van der Waals surface area contributed by atoms with Gasteiger partial charge in [-0.15, -0.1) is 0 Å². The fraction of sp³-hybridized carbons (Fsp3) is 0.222. The van der Waals surface area contributed by atoms with Crippen LogP contribution in [-0.4, -0.2) is 10.2 Å². The maximum atomic E-state index is 5.25. The molecule has 24 heavy (non-hydrogen) atoms. The van der Waals surface area contributed by atoms with Gasteiger partial charge in [-0.2, -0.15) is 0 Å². The van der Waals surface area contributed by atoms with E-state index >= 15 is 0 Å². The molecule has 6 heteroatoms. The molecule has 0 heterocycles. The average Bonchev–Trinajstić information content (AvgIpc) is 2.53. The van der Waals surface area contributed by atoms with Crippen LogP contribution >= 0.6 is 24.4 Å². The summed E-state index contributed by atoms with van der Waals surface area (Å²) in [6, 6.07) is 16.2. The summed E-state index contributed by atoms with van der Waals surface area (Å²) < 4.78 is 0. The Balaban J connectivity index is 1.79. The van der Waals surface area contributed by atoms with E-state index in [9.17, 15) is 0 Å². The monoisotopic (exact) mass is 358 g/mol. The summed E-state index contributed by atoms with van der Waals surface area (Å²) >= 11 is 10.5. The molecule has 126 valence electrons. The maximum Gasteiger partial charge on any atom is 0.189 e. The molecule has 0 unspecified atom stereocenters. The molecule has 2 rings (SSSR count). The number of nitrogens with one attached hydrogen (secondary N) is 4. The quantitative estimate of drug-likeness (QED) is 0.485. The molecular weight excluding hydrogens is 336 g/mol. The van der Waals surface area contributed by atoms with Crippen LogP contribution in [0.4, 0.5) is 11.4 Å². The minimum atomic E-state index is 0.444. The number of anilines is 2. The normalized spacial score (nSPS) is 10.2. The minimum Gasteiger partial charge on any atom is -0.331 e. The first-order valence-corrected chi connectivity index (χ1v) is 8.56. The third-order valence-corrected chi connectivity index (χ3v) is 3.81. The van der Waals surface area contributed by atoms with Gasteiger partial charge in [0.2, 0.25) is 0 Å². The Hall–Kier alpha value is -2.18. The zero-order valence-electron chi connectivity index (χ0n) is 14.0. The summed E-state index contributed by atoms with van der Waals surface area (Å²) in [5.74, 6) is 0.510. The van der Waals surface area contributed by atoms with E-state index in [1.165, 1.54) is 5.56 Å². The van der Waals surface area contributed by atoms with Crippen molar-refractivity contribution in [1.29, 1.82) is 0 Å². The Morgan fingerprint density at radius 2 is 1.42 bits per heavy atom. The van der Waals surface area contributed by atoms with Crippen molar-refractivity contribution in [2.75, 3.05) is 10.6 Å². The number of rotatable bonds is 3. The van der Waals surface area contributed by atoms with Crippen LogP contribution in [0.1, 0.15) is 30.9 Å². The molecular formula is C18H22N4S2. The van der Waals surface area contributed by atoms with E-state index in [4.69, 9.17) is 24.4 Å². The third kappa shape index (κ3) is 5.79. The highest BCUT2D eigenvalue weighted by Crippen LogP contribution is 2.17. The Labute approximate surface area is 154 Å². The van der Waals surface area contributed by atoms with Crippen molar-refractivity contribution in [1.82, 2.24) is 10.9 Å². The predicted octanol–water partition coefficient (Wildman–Crippen LogP) is 4.31. The molecule has 0 saturated carbocycles. The van der Waals surface area contributed by atoms with Crippen LogP contribution in [0.2, 0.25) is 0 Å². The molecule has 4 nitrogen and oxygen atoms in total. The topological polar surface area (TPSA) is 48.1 Å². The second kappa shape index (κ2) is 8.61. The van der Waals surface area contributed by atoms with Gasteiger partial charge in [0.05, 0.1) is 0 Å². The van der Waals surface area contributed by atoms with Gasteiger partial charge >= 0.3 is 0 Å². The van der Waals surface area contributed by atoms with Crippen molar-refractivity contribution < 1.29 is 0 Å². The van der Waals surface area contributed by atoms with E-state index in [2.05, 4.69) is 47.5 Å². The van der Waals surface area contributed by atoms with Gasteiger partial charge in [0, 0.05) is 11.4 Å². The van der Waals surface area contributed by atoms with Crippen molar-refractivity contribution in [3.05, 3.63) is 59.7 Å². The molecule has 2 aromatic carbocycles. The summed E-state index contributed by atoms with van der Waals surface area (Å²) in [7, 11) is 0. The van der Waals surface area contributed by atoms with Crippen LogP contribution in [0.15, 0.2) is 48.5 Å². The molecule has 2 aromatic rings. The number of benzene rings is 2. The predicted molar refractivity (Wildman–Crippen MR) is 110 cm³/mol. The van der Waals surface area contributed by atoms with Crippen LogP contribution in [0, 0.1) is 6.92 Å². The standard InChI is InChI=1S/C18H22N4S2/c1-12(2)14-7-9-15(10-8-14)19-17(23)21-22-18(24)20-16-6-4-5-13(3)11-16/h4-12H,1-3H3,(H2,19,21,23)(H2,20,22,24). The van der Waals surface area contributed by atoms with Gasteiger partial charge in [0.25, 0.3) is 0 Å². The molecule has 0 spiro atoms. The van der Waals surface area contributed by atoms with Crippen LogP contribution in [0.3, 0.4) is 0 Å². The molecule has 0 aliphatic heterocycles. The van der Waals surface area contributed by atoms with Gasteiger partial charge in [-0.1, -0.05) is 38.1 Å². The van der Waals surface area contributed by atoms with Gasteiger partial charge < -0.3 is 10.6 Å². The minimum absolute atomic E-state index is 0.444. The van der Waals surface area contributed by atoms with E-state index in [0.29, 0.717) is 16.1 Å². The van der Waals surface area contributed by atoms with Crippen LogP contribution < -0.4 is 21.5 Å².